The van der Waals surface area contributed by atoms with Crippen molar-refractivity contribution in [1.82, 2.24) is 29.9 Å². The first-order valence-electron chi connectivity index (χ1n) is 7.05. The van der Waals surface area contributed by atoms with Crippen LogP contribution in [0, 0.1) is 0 Å². The molecule has 0 radical (unpaired) electrons. The fourth-order valence-electron chi connectivity index (χ4n) is 2.48. The summed E-state index contributed by atoms with van der Waals surface area (Å²) in [5.41, 5.74) is 0. The standard InChI is InChI=1S/C13H24N6O/c1-10(2)19-12(15-9-16-19)8-18-6-5-14-7-11(18)13(20)17(3)4/h9-11,14H,5-8H2,1-4H3. The molecular formula is C13H24N6O. The Balaban J connectivity index is 2.12. The molecule has 2 heterocycles. The molecule has 0 aliphatic carbocycles. The van der Waals surface area contributed by atoms with Crippen molar-refractivity contribution in [2.24, 2.45) is 0 Å². The summed E-state index contributed by atoms with van der Waals surface area (Å²) >= 11 is 0. The molecule has 7 nitrogen and oxygen atoms in total. The van der Waals surface area contributed by atoms with E-state index in [0.717, 1.165) is 18.9 Å². The van der Waals surface area contributed by atoms with Gasteiger partial charge in [-0.2, -0.15) is 5.10 Å². The number of rotatable bonds is 4. The zero-order valence-electron chi connectivity index (χ0n) is 12.7. The summed E-state index contributed by atoms with van der Waals surface area (Å²) in [4.78, 5) is 20.4. The minimum atomic E-state index is -0.129. The van der Waals surface area contributed by atoms with Crippen LogP contribution in [0.25, 0.3) is 0 Å². The van der Waals surface area contributed by atoms with E-state index in [1.807, 2.05) is 4.68 Å². The topological polar surface area (TPSA) is 66.3 Å². The summed E-state index contributed by atoms with van der Waals surface area (Å²) in [6.45, 7) is 7.25. The van der Waals surface area contributed by atoms with E-state index in [1.165, 1.54) is 0 Å². The molecular weight excluding hydrogens is 256 g/mol. The predicted octanol–water partition coefficient (Wildman–Crippen LogP) is -0.279. The first kappa shape index (κ1) is 14.9. The number of hydrogen-bond acceptors (Lipinski definition) is 5. The predicted molar refractivity (Wildman–Crippen MR) is 76.2 cm³/mol. The van der Waals surface area contributed by atoms with Gasteiger partial charge in [-0.15, -0.1) is 0 Å². The number of aromatic nitrogens is 3. The van der Waals surface area contributed by atoms with E-state index in [9.17, 15) is 4.79 Å². The lowest BCUT2D eigenvalue weighted by Crippen LogP contribution is -2.57. The normalized spacial score (nSPS) is 20.4. The molecule has 2 rings (SSSR count). The fraction of sp³-hybridized carbons (Fsp3) is 0.769. The van der Waals surface area contributed by atoms with Crippen LogP contribution in [0.15, 0.2) is 6.33 Å². The molecule has 112 valence electrons. The summed E-state index contributed by atoms with van der Waals surface area (Å²) < 4.78 is 1.92. The van der Waals surface area contributed by atoms with Gasteiger partial charge in [-0.1, -0.05) is 0 Å². The van der Waals surface area contributed by atoms with Crippen molar-refractivity contribution in [2.45, 2.75) is 32.5 Å². The molecule has 0 spiro atoms. The largest absolute Gasteiger partial charge is 0.347 e. The van der Waals surface area contributed by atoms with Gasteiger partial charge >= 0.3 is 0 Å². The van der Waals surface area contributed by atoms with E-state index >= 15 is 0 Å². The number of carbonyl (C=O) groups excluding carboxylic acids is 1. The summed E-state index contributed by atoms with van der Waals surface area (Å²) in [6, 6.07) is 0.148. The summed E-state index contributed by atoms with van der Waals surface area (Å²) in [6.07, 6.45) is 1.58. The monoisotopic (exact) mass is 280 g/mol. The van der Waals surface area contributed by atoms with E-state index < -0.39 is 0 Å². The third-order valence-corrected chi connectivity index (χ3v) is 3.56. The molecule has 1 unspecified atom stereocenters. The van der Waals surface area contributed by atoms with Crippen molar-refractivity contribution >= 4 is 5.91 Å². The number of nitrogens with zero attached hydrogens (tertiary/aromatic N) is 5. The van der Waals surface area contributed by atoms with Gasteiger partial charge in [-0.05, 0) is 13.8 Å². The van der Waals surface area contributed by atoms with Crippen molar-refractivity contribution in [2.75, 3.05) is 33.7 Å². The van der Waals surface area contributed by atoms with Gasteiger partial charge in [0, 0.05) is 39.8 Å². The smallest absolute Gasteiger partial charge is 0.240 e. The number of nitrogens with one attached hydrogen (secondary N) is 1. The van der Waals surface area contributed by atoms with E-state index in [0.29, 0.717) is 13.1 Å². The number of likely N-dealkylation sites (N-methyl/N-ethyl adjacent to an activating group) is 1. The second-order valence-electron chi connectivity index (χ2n) is 5.64. The lowest BCUT2D eigenvalue weighted by atomic mass is 10.1. The molecule has 1 aliphatic heterocycles. The average molecular weight is 280 g/mol. The highest BCUT2D eigenvalue weighted by Gasteiger charge is 2.30. The van der Waals surface area contributed by atoms with Crippen LogP contribution in [0.3, 0.4) is 0 Å². The fourth-order valence-corrected chi connectivity index (χ4v) is 2.48. The Hall–Kier alpha value is -1.47. The SMILES string of the molecule is CC(C)n1ncnc1CN1CCNCC1C(=O)N(C)C. The summed E-state index contributed by atoms with van der Waals surface area (Å²) in [7, 11) is 3.59. The highest BCUT2D eigenvalue weighted by molar-refractivity contribution is 5.81. The first-order chi connectivity index (χ1) is 9.50. The molecule has 7 heteroatoms. The van der Waals surface area contributed by atoms with Gasteiger partial charge in [-0.3, -0.25) is 9.69 Å². The van der Waals surface area contributed by atoms with E-state index in [4.69, 9.17) is 0 Å². The lowest BCUT2D eigenvalue weighted by Gasteiger charge is -2.36. The minimum Gasteiger partial charge on any atom is -0.347 e. The zero-order chi connectivity index (χ0) is 14.7. The summed E-state index contributed by atoms with van der Waals surface area (Å²) in [5, 5.41) is 7.54. The molecule has 1 aromatic rings. The van der Waals surface area contributed by atoms with Gasteiger partial charge in [0.15, 0.2) is 0 Å². The Bertz CT molecular complexity index is 455. The highest BCUT2D eigenvalue weighted by Crippen LogP contribution is 2.13. The number of carbonyl (C=O) groups is 1. The second-order valence-corrected chi connectivity index (χ2v) is 5.64. The lowest BCUT2D eigenvalue weighted by molar-refractivity contribution is -0.135. The molecule has 0 bridgehead atoms. The Labute approximate surface area is 119 Å². The van der Waals surface area contributed by atoms with Crippen LogP contribution in [0.1, 0.15) is 25.7 Å². The average Bonchev–Trinajstić information content (AvgIpc) is 2.87. The Morgan fingerprint density at radius 3 is 2.95 bits per heavy atom. The Kier molecular flexibility index (Phi) is 4.72. The van der Waals surface area contributed by atoms with Crippen LogP contribution in [0.4, 0.5) is 0 Å². The van der Waals surface area contributed by atoms with Gasteiger partial charge in [-0.25, -0.2) is 9.67 Å². The molecule has 1 atom stereocenters. The van der Waals surface area contributed by atoms with Crippen molar-refractivity contribution in [1.29, 1.82) is 0 Å². The molecule has 1 aliphatic rings. The summed E-state index contributed by atoms with van der Waals surface area (Å²) in [5.74, 6) is 1.05. The Morgan fingerprint density at radius 2 is 2.30 bits per heavy atom. The van der Waals surface area contributed by atoms with Crippen LogP contribution in [0.2, 0.25) is 0 Å². The van der Waals surface area contributed by atoms with E-state index in [1.54, 1.807) is 25.3 Å². The molecule has 1 N–H and O–H groups in total. The quantitative estimate of drug-likeness (QED) is 0.822. The molecule has 1 fully saturated rings. The highest BCUT2D eigenvalue weighted by atomic mass is 16.2. The van der Waals surface area contributed by atoms with Crippen LogP contribution in [0.5, 0.6) is 0 Å². The van der Waals surface area contributed by atoms with E-state index in [-0.39, 0.29) is 18.0 Å². The zero-order valence-corrected chi connectivity index (χ0v) is 12.7. The molecule has 1 amide bonds. The molecule has 20 heavy (non-hydrogen) atoms. The molecule has 1 aromatic heterocycles. The molecule has 0 saturated carbocycles. The number of amides is 1. The van der Waals surface area contributed by atoms with Crippen LogP contribution in [-0.4, -0.2) is 70.2 Å². The third-order valence-electron chi connectivity index (χ3n) is 3.56. The minimum absolute atomic E-state index is 0.129. The van der Waals surface area contributed by atoms with Gasteiger partial charge in [0.25, 0.3) is 0 Å². The maximum Gasteiger partial charge on any atom is 0.240 e. The van der Waals surface area contributed by atoms with Crippen LogP contribution < -0.4 is 5.32 Å². The second kappa shape index (κ2) is 6.32. The number of piperazine rings is 1. The van der Waals surface area contributed by atoms with Gasteiger partial charge < -0.3 is 10.2 Å². The van der Waals surface area contributed by atoms with Crippen LogP contribution in [-0.2, 0) is 11.3 Å². The molecule has 1 saturated heterocycles. The van der Waals surface area contributed by atoms with Crippen LogP contribution >= 0.6 is 0 Å². The molecule has 0 aromatic carbocycles. The first-order valence-corrected chi connectivity index (χ1v) is 7.05. The maximum atomic E-state index is 12.3. The third kappa shape index (κ3) is 3.16. The van der Waals surface area contributed by atoms with Gasteiger partial charge in [0.05, 0.1) is 6.54 Å². The van der Waals surface area contributed by atoms with Crippen molar-refractivity contribution in [3.05, 3.63) is 12.2 Å². The van der Waals surface area contributed by atoms with Crippen molar-refractivity contribution in [3.63, 3.8) is 0 Å². The van der Waals surface area contributed by atoms with E-state index in [2.05, 4.69) is 34.1 Å². The van der Waals surface area contributed by atoms with Crippen molar-refractivity contribution < 1.29 is 4.79 Å². The van der Waals surface area contributed by atoms with Gasteiger partial charge in [0.1, 0.15) is 18.2 Å². The Morgan fingerprint density at radius 1 is 1.55 bits per heavy atom. The number of hydrogen-bond donors (Lipinski definition) is 1. The van der Waals surface area contributed by atoms with Gasteiger partial charge in [0.2, 0.25) is 5.91 Å². The van der Waals surface area contributed by atoms with Crippen molar-refractivity contribution in [3.8, 4) is 0 Å². The maximum absolute atomic E-state index is 12.3.